The average Bonchev–Trinajstić information content (AvgIpc) is 3.16. The van der Waals surface area contributed by atoms with Crippen LogP contribution in [-0.4, -0.2) is 57.0 Å². The van der Waals surface area contributed by atoms with Crippen LogP contribution in [0.5, 0.6) is 0 Å². The lowest BCUT2D eigenvalue weighted by Crippen LogP contribution is -2.48. The summed E-state index contributed by atoms with van der Waals surface area (Å²) in [5.41, 5.74) is 1.32. The van der Waals surface area contributed by atoms with Crippen molar-refractivity contribution in [2.24, 2.45) is 0 Å². The highest BCUT2D eigenvalue weighted by Gasteiger charge is 2.21. The molecule has 0 aromatic heterocycles. The summed E-state index contributed by atoms with van der Waals surface area (Å²) >= 11 is 0. The first kappa shape index (κ1) is 17.7. The number of urea groups is 1. The van der Waals surface area contributed by atoms with E-state index in [1.807, 2.05) is 0 Å². The van der Waals surface area contributed by atoms with Crippen molar-refractivity contribution < 1.29 is 19.1 Å². The minimum Gasteiger partial charge on any atom is -0.378 e. The third-order valence-corrected chi connectivity index (χ3v) is 4.16. The van der Waals surface area contributed by atoms with E-state index in [1.54, 1.807) is 24.3 Å². The van der Waals surface area contributed by atoms with E-state index in [-0.39, 0.29) is 24.1 Å². The summed E-state index contributed by atoms with van der Waals surface area (Å²) in [6, 6.07) is 6.37. The van der Waals surface area contributed by atoms with Crippen molar-refractivity contribution >= 4 is 23.3 Å². The van der Waals surface area contributed by atoms with E-state index >= 15 is 0 Å². The molecule has 0 saturated carbocycles. The first-order valence-electron chi connectivity index (χ1n) is 8.59. The van der Waals surface area contributed by atoms with Gasteiger partial charge in [0.1, 0.15) is 6.04 Å². The Labute approximate surface area is 146 Å². The van der Waals surface area contributed by atoms with Crippen LogP contribution in [0.2, 0.25) is 0 Å². The van der Waals surface area contributed by atoms with Crippen molar-refractivity contribution in [2.75, 3.05) is 43.5 Å². The fourth-order valence-electron chi connectivity index (χ4n) is 2.79. The minimum atomic E-state index is -0.338. The normalized spacial score (nSPS) is 23.0. The van der Waals surface area contributed by atoms with Crippen molar-refractivity contribution in [1.82, 2.24) is 10.6 Å². The summed E-state index contributed by atoms with van der Waals surface area (Å²) in [4.78, 5) is 24.0. The largest absolute Gasteiger partial charge is 0.378 e. The highest BCUT2D eigenvalue weighted by atomic mass is 16.5. The molecule has 1 aromatic carbocycles. The lowest BCUT2D eigenvalue weighted by Gasteiger charge is -2.22. The van der Waals surface area contributed by atoms with Gasteiger partial charge in [-0.1, -0.05) is 0 Å². The molecule has 1 aromatic rings. The number of ether oxygens (including phenoxy) is 2. The second kappa shape index (κ2) is 8.80. The molecule has 2 aliphatic heterocycles. The Balaban J connectivity index is 1.43. The first-order valence-corrected chi connectivity index (χ1v) is 8.59. The number of nitrogens with one attached hydrogen (secondary N) is 4. The Morgan fingerprint density at radius 1 is 1.12 bits per heavy atom. The Hall–Kier alpha value is -2.16. The highest BCUT2D eigenvalue weighted by molar-refractivity contribution is 5.95. The molecule has 25 heavy (non-hydrogen) atoms. The van der Waals surface area contributed by atoms with Gasteiger partial charge in [0.15, 0.2) is 0 Å². The Kier molecular flexibility index (Phi) is 6.21. The van der Waals surface area contributed by atoms with Crippen molar-refractivity contribution in [3.63, 3.8) is 0 Å². The van der Waals surface area contributed by atoms with E-state index in [2.05, 4.69) is 21.3 Å². The smallest absolute Gasteiger partial charge is 0.319 e. The zero-order valence-corrected chi connectivity index (χ0v) is 14.0. The summed E-state index contributed by atoms with van der Waals surface area (Å²) in [6.45, 7) is 2.94. The molecule has 3 rings (SSSR count). The van der Waals surface area contributed by atoms with Crippen LogP contribution >= 0.6 is 0 Å². The van der Waals surface area contributed by atoms with Crippen LogP contribution in [0.4, 0.5) is 16.2 Å². The second-order valence-electron chi connectivity index (χ2n) is 6.12. The molecule has 8 heteroatoms. The van der Waals surface area contributed by atoms with Crippen molar-refractivity contribution in [2.45, 2.75) is 25.0 Å². The fraction of sp³-hybridized carbons (Fsp3) is 0.529. The summed E-state index contributed by atoms with van der Waals surface area (Å²) in [7, 11) is 0. The molecule has 136 valence electrons. The molecule has 3 amide bonds. The summed E-state index contributed by atoms with van der Waals surface area (Å²) in [5.74, 6) is -0.130. The van der Waals surface area contributed by atoms with Crippen LogP contribution in [0, 0.1) is 0 Å². The molecular formula is C17H24N4O4. The summed E-state index contributed by atoms with van der Waals surface area (Å²) < 4.78 is 10.7. The molecule has 2 fully saturated rings. The van der Waals surface area contributed by atoms with E-state index in [0.29, 0.717) is 37.7 Å². The van der Waals surface area contributed by atoms with Gasteiger partial charge in [0.25, 0.3) is 0 Å². The molecule has 2 aliphatic rings. The molecule has 2 atom stereocenters. The third-order valence-electron chi connectivity index (χ3n) is 4.16. The van der Waals surface area contributed by atoms with Crippen LogP contribution in [-0.2, 0) is 14.3 Å². The van der Waals surface area contributed by atoms with Gasteiger partial charge < -0.3 is 30.7 Å². The minimum absolute atomic E-state index is 0.112. The maximum atomic E-state index is 12.1. The van der Waals surface area contributed by atoms with Gasteiger partial charge in [-0.3, -0.25) is 4.79 Å². The van der Waals surface area contributed by atoms with Gasteiger partial charge in [-0.05, 0) is 37.1 Å². The molecule has 0 spiro atoms. The van der Waals surface area contributed by atoms with E-state index in [9.17, 15) is 9.59 Å². The number of benzene rings is 1. The summed E-state index contributed by atoms with van der Waals surface area (Å²) in [6.07, 6.45) is 2.14. The van der Waals surface area contributed by atoms with E-state index < -0.39 is 0 Å². The van der Waals surface area contributed by atoms with Crippen molar-refractivity contribution in [1.29, 1.82) is 0 Å². The molecule has 0 aliphatic carbocycles. The molecule has 2 saturated heterocycles. The molecule has 2 unspecified atom stereocenters. The molecule has 0 radical (unpaired) electrons. The predicted octanol–water partition coefficient (Wildman–Crippen LogP) is 0.914. The first-order chi connectivity index (χ1) is 12.2. The zero-order valence-electron chi connectivity index (χ0n) is 14.0. The van der Waals surface area contributed by atoms with Crippen LogP contribution < -0.4 is 21.3 Å². The second-order valence-corrected chi connectivity index (χ2v) is 6.12. The Morgan fingerprint density at radius 2 is 1.88 bits per heavy atom. The predicted molar refractivity (Wildman–Crippen MR) is 93.7 cm³/mol. The summed E-state index contributed by atoms with van der Waals surface area (Å²) in [5, 5.41) is 11.5. The lowest BCUT2D eigenvalue weighted by molar-refractivity contribution is -0.120. The van der Waals surface area contributed by atoms with Gasteiger partial charge >= 0.3 is 6.03 Å². The number of rotatable bonds is 5. The van der Waals surface area contributed by atoms with Crippen LogP contribution in [0.15, 0.2) is 24.3 Å². The topological polar surface area (TPSA) is 101 Å². The number of amides is 3. The van der Waals surface area contributed by atoms with Crippen molar-refractivity contribution in [3.8, 4) is 0 Å². The number of morpholine rings is 1. The van der Waals surface area contributed by atoms with Gasteiger partial charge in [0, 0.05) is 31.1 Å². The van der Waals surface area contributed by atoms with Gasteiger partial charge in [-0.2, -0.15) is 0 Å². The Morgan fingerprint density at radius 3 is 2.52 bits per heavy atom. The lowest BCUT2D eigenvalue weighted by atomic mass is 10.2. The number of hydrogen-bond acceptors (Lipinski definition) is 5. The quantitative estimate of drug-likeness (QED) is 0.634. The van der Waals surface area contributed by atoms with E-state index in [0.717, 1.165) is 19.4 Å². The molecule has 2 heterocycles. The van der Waals surface area contributed by atoms with Crippen LogP contribution in [0.3, 0.4) is 0 Å². The highest BCUT2D eigenvalue weighted by Crippen LogP contribution is 2.14. The van der Waals surface area contributed by atoms with E-state index in [4.69, 9.17) is 9.47 Å². The van der Waals surface area contributed by atoms with Gasteiger partial charge in [-0.15, -0.1) is 0 Å². The number of hydrogen-bond donors (Lipinski definition) is 4. The molecular weight excluding hydrogens is 324 g/mol. The number of carbonyl (C=O) groups is 2. The number of carbonyl (C=O) groups excluding carboxylic acids is 2. The van der Waals surface area contributed by atoms with Crippen LogP contribution in [0.1, 0.15) is 12.8 Å². The number of anilines is 2. The van der Waals surface area contributed by atoms with Gasteiger partial charge in [0.05, 0.1) is 19.3 Å². The maximum Gasteiger partial charge on any atom is 0.319 e. The molecule has 0 bridgehead atoms. The fourth-order valence-corrected chi connectivity index (χ4v) is 2.79. The maximum absolute atomic E-state index is 12.1. The molecule has 4 N–H and O–H groups in total. The average molecular weight is 348 g/mol. The van der Waals surface area contributed by atoms with E-state index in [1.165, 1.54) is 0 Å². The Bertz CT molecular complexity index is 581. The van der Waals surface area contributed by atoms with Crippen LogP contribution in [0.25, 0.3) is 0 Å². The third kappa shape index (κ3) is 5.42. The van der Waals surface area contributed by atoms with Gasteiger partial charge in [0.2, 0.25) is 5.91 Å². The van der Waals surface area contributed by atoms with Crippen molar-refractivity contribution in [3.05, 3.63) is 24.3 Å². The monoisotopic (exact) mass is 348 g/mol. The standard InChI is InChI=1S/C17H24N4O4/c22-16(15-11-24-9-7-18-15)20-12-3-5-13(6-4-12)21-17(23)19-10-14-2-1-8-25-14/h3-6,14-15,18H,1-2,7-11H2,(H,20,22)(H2,19,21,23). The SMILES string of the molecule is O=C(NCC1CCCO1)Nc1ccc(NC(=O)C2COCCN2)cc1. The van der Waals surface area contributed by atoms with Gasteiger partial charge in [-0.25, -0.2) is 4.79 Å². The molecule has 8 nitrogen and oxygen atoms in total. The zero-order chi connectivity index (χ0) is 17.5.